The third-order valence-electron chi connectivity index (χ3n) is 2.58. The van der Waals surface area contributed by atoms with Gasteiger partial charge in [-0.3, -0.25) is 0 Å². The molecule has 0 spiro atoms. The Kier molecular flexibility index (Phi) is 3.26. The quantitative estimate of drug-likeness (QED) is 0.763. The normalized spacial score (nSPS) is 16.8. The average Bonchev–Trinajstić information content (AvgIpc) is 2.98. The molecule has 16 heavy (non-hydrogen) atoms. The van der Waals surface area contributed by atoms with Crippen LogP contribution in [0, 0.1) is 0 Å². The predicted molar refractivity (Wildman–Crippen MR) is 58.8 cm³/mol. The van der Waals surface area contributed by atoms with Gasteiger partial charge < -0.3 is 0 Å². The zero-order chi connectivity index (χ0) is 11.8. The van der Waals surface area contributed by atoms with Gasteiger partial charge in [0.15, 0.2) is 0 Å². The molecule has 0 heterocycles. The van der Waals surface area contributed by atoms with E-state index in [-0.39, 0.29) is 12.6 Å². The minimum Gasteiger partial charge on any atom is -0.207 e. The summed E-state index contributed by atoms with van der Waals surface area (Å²) in [6.45, 7) is -0.0541. The molecule has 1 aliphatic rings. The number of rotatable bonds is 3. The van der Waals surface area contributed by atoms with Gasteiger partial charge in [-0.1, -0.05) is 28.1 Å². The minimum atomic E-state index is -4.23. The molecule has 0 amide bonds. The van der Waals surface area contributed by atoms with Crippen molar-refractivity contribution in [3.8, 4) is 0 Å². The number of hydrogen-bond acceptors (Lipinski definition) is 1. The van der Waals surface area contributed by atoms with Crippen LogP contribution in [0.1, 0.15) is 18.4 Å². The SMILES string of the molecule is FC(F)(F)N(Cc1ccc(Br)cc1)C1CC1. The topological polar surface area (TPSA) is 3.24 Å². The third-order valence-corrected chi connectivity index (χ3v) is 3.11. The van der Waals surface area contributed by atoms with E-state index in [0.717, 1.165) is 4.47 Å². The smallest absolute Gasteiger partial charge is 0.207 e. The van der Waals surface area contributed by atoms with Crippen LogP contribution in [0.4, 0.5) is 13.2 Å². The van der Waals surface area contributed by atoms with Gasteiger partial charge in [0.25, 0.3) is 0 Å². The molecule has 5 heteroatoms. The van der Waals surface area contributed by atoms with E-state index >= 15 is 0 Å². The van der Waals surface area contributed by atoms with E-state index in [1.807, 2.05) is 0 Å². The van der Waals surface area contributed by atoms with Gasteiger partial charge in [0.2, 0.25) is 0 Å². The van der Waals surface area contributed by atoms with Gasteiger partial charge in [0.05, 0.1) is 0 Å². The summed E-state index contributed by atoms with van der Waals surface area (Å²) in [5.74, 6) is 0. The van der Waals surface area contributed by atoms with Crippen molar-refractivity contribution in [2.75, 3.05) is 0 Å². The lowest BCUT2D eigenvalue weighted by atomic mass is 10.2. The van der Waals surface area contributed by atoms with Gasteiger partial charge in [-0.15, -0.1) is 0 Å². The van der Waals surface area contributed by atoms with Crippen LogP contribution in [0.15, 0.2) is 28.7 Å². The molecular weight excluding hydrogens is 283 g/mol. The van der Waals surface area contributed by atoms with E-state index in [4.69, 9.17) is 0 Å². The summed E-state index contributed by atoms with van der Waals surface area (Å²) in [5, 5.41) is 0. The van der Waals surface area contributed by atoms with Crippen molar-refractivity contribution < 1.29 is 13.2 Å². The summed E-state index contributed by atoms with van der Waals surface area (Å²) in [4.78, 5) is 0.621. The largest absolute Gasteiger partial charge is 0.460 e. The second-order valence-electron chi connectivity index (χ2n) is 3.95. The monoisotopic (exact) mass is 293 g/mol. The van der Waals surface area contributed by atoms with Gasteiger partial charge in [-0.05, 0) is 30.5 Å². The maximum absolute atomic E-state index is 12.7. The number of nitrogens with zero attached hydrogens (tertiary/aromatic N) is 1. The first-order valence-corrected chi connectivity index (χ1v) is 5.84. The Labute approximate surface area is 100 Å². The minimum absolute atomic E-state index is 0.0541. The first-order chi connectivity index (χ1) is 7.47. The highest BCUT2D eigenvalue weighted by Gasteiger charge is 2.45. The summed E-state index contributed by atoms with van der Waals surface area (Å²) >= 11 is 3.26. The highest BCUT2D eigenvalue weighted by Crippen LogP contribution is 2.36. The van der Waals surface area contributed by atoms with E-state index in [9.17, 15) is 13.2 Å². The lowest BCUT2D eigenvalue weighted by Crippen LogP contribution is -2.39. The summed E-state index contributed by atoms with van der Waals surface area (Å²) in [6.07, 6.45) is -2.93. The van der Waals surface area contributed by atoms with Crippen LogP contribution in [-0.2, 0) is 6.54 Å². The number of hydrogen-bond donors (Lipinski definition) is 0. The Bertz CT molecular complexity index is 356. The molecule has 0 saturated heterocycles. The molecule has 0 radical (unpaired) electrons. The van der Waals surface area contributed by atoms with Crippen molar-refractivity contribution in [2.24, 2.45) is 0 Å². The Morgan fingerprint density at radius 1 is 1.19 bits per heavy atom. The first-order valence-electron chi connectivity index (χ1n) is 5.05. The molecule has 0 bridgehead atoms. The number of halogens is 4. The molecular formula is C11H11BrF3N. The fourth-order valence-corrected chi connectivity index (χ4v) is 1.86. The van der Waals surface area contributed by atoms with Crippen LogP contribution in [0.3, 0.4) is 0 Å². The van der Waals surface area contributed by atoms with Crippen molar-refractivity contribution in [1.29, 1.82) is 0 Å². The first kappa shape index (κ1) is 11.9. The fourth-order valence-electron chi connectivity index (χ4n) is 1.60. The molecule has 0 aliphatic heterocycles. The van der Waals surface area contributed by atoms with Gasteiger partial charge >= 0.3 is 6.30 Å². The average molecular weight is 294 g/mol. The van der Waals surface area contributed by atoms with Gasteiger partial charge in [-0.25, -0.2) is 4.90 Å². The Morgan fingerprint density at radius 2 is 1.75 bits per heavy atom. The molecule has 0 N–H and O–H groups in total. The molecule has 1 aliphatic carbocycles. The van der Waals surface area contributed by atoms with Crippen LogP contribution in [0.2, 0.25) is 0 Å². The second-order valence-corrected chi connectivity index (χ2v) is 4.87. The van der Waals surface area contributed by atoms with Crippen LogP contribution >= 0.6 is 15.9 Å². The Hall–Kier alpha value is -0.550. The highest BCUT2D eigenvalue weighted by molar-refractivity contribution is 9.10. The van der Waals surface area contributed by atoms with E-state index in [1.54, 1.807) is 24.3 Å². The third kappa shape index (κ3) is 2.98. The van der Waals surface area contributed by atoms with E-state index in [1.165, 1.54) is 0 Å². The molecule has 1 nitrogen and oxygen atoms in total. The second kappa shape index (κ2) is 4.37. The van der Waals surface area contributed by atoms with Gasteiger partial charge in [0.1, 0.15) is 0 Å². The lowest BCUT2D eigenvalue weighted by molar-refractivity contribution is -0.253. The van der Waals surface area contributed by atoms with Crippen molar-refractivity contribution in [3.63, 3.8) is 0 Å². The fraction of sp³-hybridized carbons (Fsp3) is 0.455. The zero-order valence-corrected chi connectivity index (χ0v) is 10.1. The zero-order valence-electron chi connectivity index (χ0n) is 8.47. The summed E-state index contributed by atoms with van der Waals surface area (Å²) < 4.78 is 39.0. The molecule has 2 rings (SSSR count). The molecule has 0 aromatic heterocycles. The number of benzene rings is 1. The van der Waals surface area contributed by atoms with Crippen molar-refractivity contribution in [2.45, 2.75) is 31.7 Å². The van der Waals surface area contributed by atoms with Crippen LogP contribution in [0.5, 0.6) is 0 Å². The molecule has 88 valence electrons. The van der Waals surface area contributed by atoms with Gasteiger partial charge in [-0.2, -0.15) is 13.2 Å². The molecule has 1 aromatic rings. The van der Waals surface area contributed by atoms with Crippen molar-refractivity contribution >= 4 is 15.9 Å². The summed E-state index contributed by atoms with van der Waals surface area (Å²) in [7, 11) is 0. The molecule has 1 aromatic carbocycles. The van der Waals surface area contributed by atoms with Gasteiger partial charge in [0, 0.05) is 17.1 Å². The van der Waals surface area contributed by atoms with Crippen LogP contribution in [-0.4, -0.2) is 17.2 Å². The molecule has 1 fully saturated rings. The maximum atomic E-state index is 12.7. The van der Waals surface area contributed by atoms with Crippen molar-refractivity contribution in [3.05, 3.63) is 34.3 Å². The predicted octanol–water partition coefficient (Wildman–Crippen LogP) is 3.93. The van der Waals surface area contributed by atoms with E-state index in [2.05, 4.69) is 15.9 Å². The lowest BCUT2D eigenvalue weighted by Gasteiger charge is -2.24. The highest BCUT2D eigenvalue weighted by atomic mass is 79.9. The summed E-state index contributed by atoms with van der Waals surface area (Å²) in [6, 6.07) is 6.63. The molecule has 1 saturated carbocycles. The van der Waals surface area contributed by atoms with E-state index in [0.29, 0.717) is 23.3 Å². The summed E-state index contributed by atoms with van der Waals surface area (Å²) in [5.41, 5.74) is 0.687. The maximum Gasteiger partial charge on any atom is 0.460 e. The number of alkyl halides is 3. The van der Waals surface area contributed by atoms with Crippen molar-refractivity contribution in [1.82, 2.24) is 4.90 Å². The Morgan fingerprint density at radius 3 is 2.19 bits per heavy atom. The van der Waals surface area contributed by atoms with Crippen LogP contribution in [0.25, 0.3) is 0 Å². The standard InChI is InChI=1S/C11H11BrF3N/c12-9-3-1-8(2-4-9)7-16(10-5-6-10)11(13,14)15/h1-4,10H,5-7H2. The molecule has 0 atom stereocenters. The van der Waals surface area contributed by atoms with E-state index < -0.39 is 6.30 Å². The van der Waals surface area contributed by atoms with Crippen LogP contribution < -0.4 is 0 Å². The molecule has 0 unspecified atom stereocenters. The Balaban J connectivity index is 2.08.